The van der Waals surface area contributed by atoms with E-state index in [4.69, 9.17) is 9.47 Å². The summed E-state index contributed by atoms with van der Waals surface area (Å²) in [5, 5.41) is 7.80. The van der Waals surface area contributed by atoms with Crippen LogP contribution in [-0.4, -0.2) is 37.2 Å². The van der Waals surface area contributed by atoms with Crippen molar-refractivity contribution in [3.8, 4) is 11.5 Å². The van der Waals surface area contributed by atoms with Crippen molar-refractivity contribution < 1.29 is 9.47 Å². The minimum Gasteiger partial charge on any atom is -0.490 e. The molecule has 0 amide bonds. The van der Waals surface area contributed by atoms with Gasteiger partial charge in [0.15, 0.2) is 17.5 Å². The lowest BCUT2D eigenvalue weighted by Gasteiger charge is -2.11. The summed E-state index contributed by atoms with van der Waals surface area (Å²) >= 11 is 1.74. The van der Waals surface area contributed by atoms with Gasteiger partial charge in [-0.25, -0.2) is 9.98 Å². The third-order valence-corrected chi connectivity index (χ3v) is 4.85. The zero-order valence-electron chi connectivity index (χ0n) is 15.8. The third kappa shape index (κ3) is 6.84. The first-order valence-corrected chi connectivity index (χ1v) is 9.88. The van der Waals surface area contributed by atoms with Crippen molar-refractivity contribution >= 4 is 41.3 Å². The van der Waals surface area contributed by atoms with E-state index in [0.717, 1.165) is 54.0 Å². The molecule has 0 saturated heterocycles. The number of aromatic nitrogens is 1. The van der Waals surface area contributed by atoms with E-state index in [1.807, 2.05) is 24.4 Å². The van der Waals surface area contributed by atoms with Crippen molar-refractivity contribution in [3.05, 3.63) is 39.8 Å². The molecule has 2 heterocycles. The number of hydrogen-bond acceptors (Lipinski definition) is 5. The Morgan fingerprint density at radius 2 is 2.04 bits per heavy atom. The van der Waals surface area contributed by atoms with Crippen molar-refractivity contribution in [1.29, 1.82) is 0 Å². The molecular weight excluding hydrogens is 475 g/mol. The molecule has 0 spiro atoms. The van der Waals surface area contributed by atoms with Crippen LogP contribution >= 0.6 is 35.3 Å². The fourth-order valence-corrected chi connectivity index (χ4v) is 3.41. The molecule has 0 radical (unpaired) electrons. The van der Waals surface area contributed by atoms with E-state index < -0.39 is 0 Å². The number of aliphatic imine (C=N–C) groups is 1. The highest BCUT2D eigenvalue weighted by Gasteiger charge is 2.10. The van der Waals surface area contributed by atoms with Gasteiger partial charge in [0.1, 0.15) is 0 Å². The fourth-order valence-electron chi connectivity index (χ4n) is 2.62. The Hall–Kier alpha value is -1.55. The smallest absolute Gasteiger partial charge is 0.191 e. The summed E-state index contributed by atoms with van der Waals surface area (Å²) in [4.78, 5) is 10.3. The number of fused-ring (bicyclic) bond motifs is 1. The Morgan fingerprint density at radius 1 is 1.22 bits per heavy atom. The highest BCUT2D eigenvalue weighted by molar-refractivity contribution is 14.0. The van der Waals surface area contributed by atoms with Gasteiger partial charge in [0.2, 0.25) is 0 Å². The normalized spacial score (nSPS) is 13.5. The molecule has 3 rings (SSSR count). The molecule has 0 unspecified atom stereocenters. The molecule has 0 saturated carbocycles. The molecule has 2 N–H and O–H groups in total. The third-order valence-electron chi connectivity index (χ3n) is 3.88. The second-order valence-electron chi connectivity index (χ2n) is 6.07. The molecule has 148 valence electrons. The van der Waals surface area contributed by atoms with Crippen molar-refractivity contribution in [1.82, 2.24) is 15.6 Å². The van der Waals surface area contributed by atoms with E-state index in [0.29, 0.717) is 19.8 Å². The highest BCUT2D eigenvalue weighted by Crippen LogP contribution is 2.30. The lowest BCUT2D eigenvalue weighted by atomic mass is 10.2. The van der Waals surface area contributed by atoms with Crippen LogP contribution in [-0.2, 0) is 13.0 Å². The summed E-state index contributed by atoms with van der Waals surface area (Å²) in [5.41, 5.74) is 1.10. The van der Waals surface area contributed by atoms with Crippen molar-refractivity contribution in [2.45, 2.75) is 33.2 Å². The molecule has 0 aliphatic carbocycles. The van der Waals surface area contributed by atoms with Gasteiger partial charge < -0.3 is 20.1 Å². The Morgan fingerprint density at radius 3 is 2.78 bits per heavy atom. The number of nitrogens with zero attached hydrogens (tertiary/aromatic N) is 2. The van der Waals surface area contributed by atoms with E-state index in [1.165, 1.54) is 4.88 Å². The maximum absolute atomic E-state index is 5.75. The second kappa shape index (κ2) is 11.3. The molecule has 1 aromatic heterocycles. The number of thiazole rings is 1. The van der Waals surface area contributed by atoms with Gasteiger partial charge in [0, 0.05) is 37.0 Å². The Kier molecular flexibility index (Phi) is 9.12. The zero-order chi connectivity index (χ0) is 18.2. The van der Waals surface area contributed by atoms with Gasteiger partial charge in [-0.05, 0) is 31.5 Å². The maximum atomic E-state index is 5.75. The number of nitrogens with one attached hydrogen (secondary N) is 2. The summed E-state index contributed by atoms with van der Waals surface area (Å²) in [6.07, 6.45) is 3.73. The molecular formula is C19H27IN4O2S. The molecule has 8 heteroatoms. The van der Waals surface area contributed by atoms with Gasteiger partial charge in [-0.3, -0.25) is 0 Å². The highest BCUT2D eigenvalue weighted by atomic mass is 127. The fraction of sp³-hybridized carbons (Fsp3) is 0.474. The van der Waals surface area contributed by atoms with Gasteiger partial charge in [-0.15, -0.1) is 35.3 Å². The van der Waals surface area contributed by atoms with Crippen LogP contribution in [0, 0.1) is 6.92 Å². The number of aryl methyl sites for hydroxylation is 1. The van der Waals surface area contributed by atoms with Crippen molar-refractivity contribution in [3.63, 3.8) is 0 Å². The summed E-state index contributed by atoms with van der Waals surface area (Å²) in [6, 6.07) is 6.03. The summed E-state index contributed by atoms with van der Waals surface area (Å²) in [6.45, 7) is 7.76. The molecule has 6 nitrogen and oxygen atoms in total. The number of ether oxygens (including phenoxy) is 2. The minimum atomic E-state index is 0. The molecule has 0 atom stereocenters. The average molecular weight is 502 g/mol. The molecule has 0 bridgehead atoms. The van der Waals surface area contributed by atoms with E-state index in [1.54, 1.807) is 11.3 Å². The largest absolute Gasteiger partial charge is 0.490 e. The topological polar surface area (TPSA) is 67.8 Å². The lowest BCUT2D eigenvalue weighted by Crippen LogP contribution is -2.38. The summed E-state index contributed by atoms with van der Waals surface area (Å²) in [7, 11) is 0. The van der Waals surface area contributed by atoms with E-state index >= 15 is 0 Å². The molecule has 1 aromatic carbocycles. The number of hydrogen-bond donors (Lipinski definition) is 2. The standard InChI is InChI=1S/C19H26N4O2S.HI/c1-3-20-19(21-8-7-18-22-12-14(2)26-18)23-13-15-5-6-16-17(11-15)25-10-4-9-24-16;/h5-6,11-12H,3-4,7-10,13H2,1-2H3,(H2,20,21,23);1H. The van der Waals surface area contributed by atoms with E-state index in [2.05, 4.69) is 34.5 Å². The number of rotatable bonds is 6. The zero-order valence-corrected chi connectivity index (χ0v) is 18.9. The Labute approximate surface area is 181 Å². The SMILES string of the molecule is CCNC(=NCc1ccc2c(c1)OCCCO2)NCCc1ncc(C)s1.I. The first-order valence-electron chi connectivity index (χ1n) is 9.06. The van der Waals surface area contributed by atoms with E-state index in [9.17, 15) is 0 Å². The molecule has 0 fully saturated rings. The van der Waals surface area contributed by atoms with Gasteiger partial charge in [0.25, 0.3) is 0 Å². The molecule has 27 heavy (non-hydrogen) atoms. The van der Waals surface area contributed by atoms with Crippen LogP contribution in [0.5, 0.6) is 11.5 Å². The van der Waals surface area contributed by atoms with Gasteiger partial charge in [-0.1, -0.05) is 6.07 Å². The number of guanidine groups is 1. The molecule has 2 aromatic rings. The Bertz CT molecular complexity index is 751. The van der Waals surface area contributed by atoms with Gasteiger partial charge >= 0.3 is 0 Å². The predicted octanol–water partition coefficient (Wildman–Crippen LogP) is 3.53. The first kappa shape index (κ1) is 21.7. The number of halogens is 1. The van der Waals surface area contributed by atoms with Gasteiger partial charge in [0.05, 0.1) is 24.8 Å². The molecule has 1 aliphatic rings. The van der Waals surface area contributed by atoms with Crippen molar-refractivity contribution in [2.24, 2.45) is 4.99 Å². The average Bonchev–Trinajstić information content (AvgIpc) is 2.91. The van der Waals surface area contributed by atoms with Crippen LogP contribution in [0.3, 0.4) is 0 Å². The van der Waals surface area contributed by atoms with Crippen molar-refractivity contribution in [2.75, 3.05) is 26.3 Å². The maximum Gasteiger partial charge on any atom is 0.191 e. The van der Waals surface area contributed by atoms with Crippen LogP contribution < -0.4 is 20.1 Å². The van der Waals surface area contributed by atoms with E-state index in [-0.39, 0.29) is 24.0 Å². The predicted molar refractivity (Wildman–Crippen MR) is 121 cm³/mol. The molecule has 1 aliphatic heterocycles. The van der Waals surface area contributed by atoms with Crippen LogP contribution in [0.2, 0.25) is 0 Å². The first-order chi connectivity index (χ1) is 12.7. The Balaban J connectivity index is 0.00000261. The summed E-state index contributed by atoms with van der Waals surface area (Å²) in [5.74, 6) is 2.44. The van der Waals surface area contributed by atoms with Gasteiger partial charge in [-0.2, -0.15) is 0 Å². The second-order valence-corrected chi connectivity index (χ2v) is 7.39. The number of benzene rings is 1. The van der Waals surface area contributed by atoms with Crippen LogP contribution in [0.15, 0.2) is 29.4 Å². The van der Waals surface area contributed by atoms with Crippen LogP contribution in [0.1, 0.15) is 28.8 Å². The van der Waals surface area contributed by atoms with Crippen LogP contribution in [0.4, 0.5) is 0 Å². The minimum absolute atomic E-state index is 0. The summed E-state index contributed by atoms with van der Waals surface area (Å²) < 4.78 is 11.4. The monoisotopic (exact) mass is 502 g/mol. The quantitative estimate of drug-likeness (QED) is 0.360. The van der Waals surface area contributed by atoms with Crippen LogP contribution in [0.25, 0.3) is 0 Å². The lowest BCUT2D eigenvalue weighted by molar-refractivity contribution is 0.297.